The summed E-state index contributed by atoms with van der Waals surface area (Å²) >= 11 is 0. The van der Waals surface area contributed by atoms with Crippen molar-refractivity contribution in [2.24, 2.45) is 0 Å². The summed E-state index contributed by atoms with van der Waals surface area (Å²) in [5, 5.41) is 11.4. The largest absolute Gasteiger partial charge is 0.467 e. The lowest BCUT2D eigenvalue weighted by atomic mass is 10.1. The minimum atomic E-state index is -4.76. The van der Waals surface area contributed by atoms with Crippen LogP contribution in [0.1, 0.15) is 5.56 Å². The maximum atomic E-state index is 12.7. The Morgan fingerprint density at radius 1 is 1.37 bits per heavy atom. The Hall–Kier alpha value is -1.60. The summed E-state index contributed by atoms with van der Waals surface area (Å²) in [5.41, 5.74) is 0.605. The highest BCUT2D eigenvalue weighted by Gasteiger charge is 2.47. The second kappa shape index (κ2) is 6.53. The quantitative estimate of drug-likeness (QED) is 0.795. The van der Waals surface area contributed by atoms with Gasteiger partial charge in [-0.3, -0.25) is 5.32 Å². The molecule has 0 fully saturated rings. The number of hydrogen-bond donors (Lipinski definition) is 2. The third kappa shape index (κ3) is 4.53. The fourth-order valence-electron chi connectivity index (χ4n) is 1.49. The van der Waals surface area contributed by atoms with Crippen molar-refractivity contribution in [2.45, 2.75) is 24.9 Å². The van der Waals surface area contributed by atoms with Gasteiger partial charge in [0.2, 0.25) is 0 Å². The van der Waals surface area contributed by atoms with Gasteiger partial charge in [0.25, 0.3) is 0 Å². The molecule has 0 saturated heterocycles. The molecule has 0 amide bonds. The molecule has 7 heteroatoms. The van der Waals surface area contributed by atoms with Crippen molar-refractivity contribution in [1.82, 2.24) is 5.32 Å². The number of ether oxygens (including phenoxy) is 1. The molecule has 4 nitrogen and oxygen atoms in total. The lowest BCUT2D eigenvalue weighted by Crippen LogP contribution is -2.53. The molecular formula is C12H14F3NO3. The van der Waals surface area contributed by atoms with E-state index in [2.05, 4.69) is 10.1 Å². The fourth-order valence-corrected chi connectivity index (χ4v) is 1.49. The van der Waals surface area contributed by atoms with E-state index in [9.17, 15) is 23.1 Å². The van der Waals surface area contributed by atoms with Crippen LogP contribution in [0.25, 0.3) is 0 Å². The molecule has 1 rings (SSSR count). The number of carbonyl (C=O) groups is 1. The highest BCUT2D eigenvalue weighted by Crippen LogP contribution is 2.23. The number of carbonyl (C=O) groups excluding carboxylic acids is 1. The van der Waals surface area contributed by atoms with Crippen LogP contribution in [0.2, 0.25) is 0 Å². The number of esters is 1. The highest BCUT2D eigenvalue weighted by molar-refractivity contribution is 5.75. The number of nitrogens with one attached hydrogen (secondary N) is 1. The molecule has 0 heterocycles. The zero-order chi connectivity index (χ0) is 14.5. The zero-order valence-electron chi connectivity index (χ0n) is 10.1. The number of aliphatic hydroxyl groups excluding tert-OH is 1. The third-order valence-corrected chi connectivity index (χ3v) is 2.48. The second-order valence-corrected chi connectivity index (χ2v) is 3.85. The average Bonchev–Trinajstić information content (AvgIpc) is 2.37. The number of hydrogen-bond acceptors (Lipinski definition) is 4. The summed E-state index contributed by atoms with van der Waals surface area (Å²) in [4.78, 5) is 11.0. The number of benzene rings is 1. The molecule has 2 atom stereocenters. The number of aliphatic hydroxyl groups is 1. The molecule has 0 aliphatic rings. The first kappa shape index (κ1) is 15.5. The van der Waals surface area contributed by atoms with Crippen LogP contribution in [0.15, 0.2) is 30.3 Å². The summed E-state index contributed by atoms with van der Waals surface area (Å²) in [7, 11) is 0.913. The maximum absolute atomic E-state index is 12.7. The Labute approximate surface area is 108 Å². The van der Waals surface area contributed by atoms with Crippen molar-refractivity contribution in [3.05, 3.63) is 35.9 Å². The van der Waals surface area contributed by atoms with Crippen LogP contribution in [0.5, 0.6) is 0 Å². The molecule has 0 aliphatic carbocycles. The van der Waals surface area contributed by atoms with Crippen molar-refractivity contribution in [3.63, 3.8) is 0 Å². The Kier molecular flexibility index (Phi) is 5.31. The zero-order valence-corrected chi connectivity index (χ0v) is 10.1. The van der Waals surface area contributed by atoms with Crippen LogP contribution in [0.3, 0.4) is 0 Å². The monoisotopic (exact) mass is 277 g/mol. The van der Waals surface area contributed by atoms with Gasteiger partial charge in [-0.25, -0.2) is 4.79 Å². The molecule has 0 aromatic heterocycles. The van der Waals surface area contributed by atoms with E-state index in [1.807, 2.05) is 0 Å². The topological polar surface area (TPSA) is 58.6 Å². The van der Waals surface area contributed by atoms with Crippen LogP contribution in [0.4, 0.5) is 13.2 Å². The summed E-state index contributed by atoms with van der Waals surface area (Å²) in [5.74, 6) is -1.33. The molecule has 106 valence electrons. The predicted molar refractivity (Wildman–Crippen MR) is 61.1 cm³/mol. The van der Waals surface area contributed by atoms with E-state index in [-0.39, 0.29) is 6.54 Å². The van der Waals surface area contributed by atoms with Crippen LogP contribution < -0.4 is 5.32 Å². The first-order chi connectivity index (χ1) is 8.86. The Morgan fingerprint density at radius 2 is 1.95 bits per heavy atom. The minimum Gasteiger partial charge on any atom is -0.467 e. The highest BCUT2D eigenvalue weighted by atomic mass is 19.4. The SMILES string of the molecule is COC(=O)[C@H](O)[C@H](NCc1ccccc1)C(F)(F)F. The van der Waals surface area contributed by atoms with Gasteiger partial charge >= 0.3 is 12.1 Å². The van der Waals surface area contributed by atoms with E-state index in [4.69, 9.17) is 0 Å². The van der Waals surface area contributed by atoms with Crippen molar-refractivity contribution in [1.29, 1.82) is 0 Å². The van der Waals surface area contributed by atoms with Gasteiger partial charge in [0.15, 0.2) is 6.10 Å². The summed E-state index contributed by atoms with van der Waals surface area (Å²) in [6, 6.07) is 5.97. The molecule has 0 bridgehead atoms. The van der Waals surface area contributed by atoms with Gasteiger partial charge < -0.3 is 9.84 Å². The Bertz CT molecular complexity index is 408. The van der Waals surface area contributed by atoms with Gasteiger partial charge in [0.1, 0.15) is 6.04 Å². The standard InChI is InChI=1S/C12H14F3NO3/c1-19-11(18)9(17)10(12(13,14)15)16-7-8-5-3-2-4-6-8/h2-6,9-10,16-17H,7H2,1H3/t9-,10+/m1/s1. The molecule has 0 unspecified atom stereocenters. The smallest absolute Gasteiger partial charge is 0.406 e. The van der Waals surface area contributed by atoms with E-state index < -0.39 is 24.3 Å². The number of halogens is 3. The van der Waals surface area contributed by atoms with Gasteiger partial charge in [-0.15, -0.1) is 0 Å². The average molecular weight is 277 g/mol. The van der Waals surface area contributed by atoms with E-state index in [0.717, 1.165) is 7.11 Å². The van der Waals surface area contributed by atoms with Crippen molar-refractivity contribution < 1.29 is 27.8 Å². The molecule has 0 saturated carbocycles. The lowest BCUT2D eigenvalue weighted by Gasteiger charge is -2.24. The van der Waals surface area contributed by atoms with Crippen molar-refractivity contribution in [3.8, 4) is 0 Å². The first-order valence-electron chi connectivity index (χ1n) is 5.46. The summed E-state index contributed by atoms with van der Waals surface area (Å²) < 4.78 is 42.3. The molecule has 0 aliphatic heterocycles. The number of alkyl halides is 3. The third-order valence-electron chi connectivity index (χ3n) is 2.48. The molecular weight excluding hydrogens is 263 g/mol. The Balaban J connectivity index is 2.74. The molecule has 1 aromatic rings. The van der Waals surface area contributed by atoms with E-state index in [1.54, 1.807) is 30.3 Å². The number of rotatable bonds is 5. The van der Waals surface area contributed by atoms with E-state index in [0.29, 0.717) is 5.56 Å². The summed E-state index contributed by atoms with van der Waals surface area (Å²) in [6.07, 6.45) is -7.06. The van der Waals surface area contributed by atoms with Gasteiger partial charge in [-0.2, -0.15) is 13.2 Å². The van der Waals surface area contributed by atoms with Crippen LogP contribution in [0, 0.1) is 0 Å². The predicted octanol–water partition coefficient (Wildman–Crippen LogP) is 1.24. The molecule has 1 aromatic carbocycles. The normalized spacial score (nSPS) is 14.8. The molecule has 0 radical (unpaired) electrons. The molecule has 2 N–H and O–H groups in total. The minimum absolute atomic E-state index is 0.126. The van der Waals surface area contributed by atoms with E-state index >= 15 is 0 Å². The van der Waals surface area contributed by atoms with Gasteiger partial charge in [-0.1, -0.05) is 30.3 Å². The van der Waals surface area contributed by atoms with Crippen LogP contribution in [-0.4, -0.2) is 36.5 Å². The van der Waals surface area contributed by atoms with Crippen LogP contribution >= 0.6 is 0 Å². The molecule has 0 spiro atoms. The first-order valence-corrected chi connectivity index (χ1v) is 5.46. The summed E-state index contributed by atoms with van der Waals surface area (Å²) in [6.45, 7) is -0.126. The van der Waals surface area contributed by atoms with Gasteiger partial charge in [0.05, 0.1) is 7.11 Å². The molecule has 19 heavy (non-hydrogen) atoms. The maximum Gasteiger partial charge on any atom is 0.406 e. The van der Waals surface area contributed by atoms with Crippen molar-refractivity contribution in [2.75, 3.05) is 7.11 Å². The van der Waals surface area contributed by atoms with Gasteiger partial charge in [-0.05, 0) is 5.56 Å². The van der Waals surface area contributed by atoms with Gasteiger partial charge in [0, 0.05) is 6.54 Å². The Morgan fingerprint density at radius 3 is 2.42 bits per heavy atom. The number of methoxy groups -OCH3 is 1. The second-order valence-electron chi connectivity index (χ2n) is 3.85. The lowest BCUT2D eigenvalue weighted by molar-refractivity contribution is -0.191. The van der Waals surface area contributed by atoms with Crippen LogP contribution in [-0.2, 0) is 16.1 Å². The van der Waals surface area contributed by atoms with Crippen molar-refractivity contribution >= 4 is 5.97 Å². The van der Waals surface area contributed by atoms with E-state index in [1.165, 1.54) is 0 Å². The fraction of sp³-hybridized carbons (Fsp3) is 0.417.